The maximum absolute atomic E-state index is 13.7. The van der Waals surface area contributed by atoms with Gasteiger partial charge in [0, 0.05) is 19.4 Å². The number of hydrogen-bond acceptors (Lipinski definition) is 7. The second-order valence-electron chi connectivity index (χ2n) is 10.5. The van der Waals surface area contributed by atoms with E-state index in [4.69, 9.17) is 14.8 Å². The number of aliphatic hydroxyl groups is 2. The molecule has 0 amide bonds. The molecule has 2 aliphatic rings. The number of aliphatic hydroxyl groups excluding tert-OH is 1. The van der Waals surface area contributed by atoms with Gasteiger partial charge in [-0.05, 0) is 85.2 Å². The van der Waals surface area contributed by atoms with E-state index >= 15 is 0 Å². The first kappa shape index (κ1) is 26.3. The fraction of sp³-hybridized carbons (Fsp3) is 0.323. The molecule has 0 bridgehead atoms. The van der Waals surface area contributed by atoms with Crippen LogP contribution in [-0.4, -0.2) is 44.1 Å². The number of aliphatic imine (C=N–C) groups is 1. The molecule has 2 N–H and O–H groups in total. The quantitative estimate of drug-likeness (QED) is 0.255. The number of fused-ring (bicyclic) bond motifs is 2. The highest BCUT2D eigenvalue weighted by Crippen LogP contribution is 2.35. The number of aromatic nitrogens is 2. The SMILES string of the molecule is CN1OC(C2Cc3ccccc3C2)=NC1c1ccc2c(=O)n(-c3ccc(F)cc3)c(CCCCC(O)O)nc2c1. The third kappa shape index (κ3) is 5.15. The Morgan fingerprint density at radius 3 is 2.45 bits per heavy atom. The van der Waals surface area contributed by atoms with E-state index in [1.807, 2.05) is 19.2 Å². The van der Waals surface area contributed by atoms with Gasteiger partial charge in [0.1, 0.15) is 11.6 Å². The minimum atomic E-state index is -1.37. The molecule has 4 aromatic rings. The molecule has 9 heteroatoms. The van der Waals surface area contributed by atoms with Gasteiger partial charge in [0.25, 0.3) is 5.56 Å². The molecule has 2 heterocycles. The molecule has 1 aliphatic carbocycles. The van der Waals surface area contributed by atoms with Crippen LogP contribution in [0.15, 0.2) is 76.5 Å². The van der Waals surface area contributed by atoms with E-state index in [-0.39, 0.29) is 24.1 Å². The van der Waals surface area contributed by atoms with Gasteiger partial charge in [-0.1, -0.05) is 30.3 Å². The molecule has 40 heavy (non-hydrogen) atoms. The minimum Gasteiger partial charge on any atom is -0.388 e. The smallest absolute Gasteiger partial charge is 0.265 e. The van der Waals surface area contributed by atoms with Crippen molar-refractivity contribution in [2.75, 3.05) is 7.05 Å². The van der Waals surface area contributed by atoms with Gasteiger partial charge in [0.05, 0.1) is 16.6 Å². The molecule has 3 aromatic carbocycles. The first-order valence-electron chi connectivity index (χ1n) is 13.6. The molecular weight excluding hydrogens is 511 g/mol. The van der Waals surface area contributed by atoms with E-state index in [0.717, 1.165) is 24.3 Å². The lowest BCUT2D eigenvalue weighted by Crippen LogP contribution is -2.25. The predicted octanol–water partition coefficient (Wildman–Crippen LogP) is 4.24. The predicted molar refractivity (Wildman–Crippen MR) is 149 cm³/mol. The van der Waals surface area contributed by atoms with Crippen molar-refractivity contribution in [2.45, 2.75) is 51.0 Å². The molecule has 1 atom stereocenters. The molecule has 1 unspecified atom stereocenters. The van der Waals surface area contributed by atoms with Crippen molar-refractivity contribution >= 4 is 16.8 Å². The standard InChI is InChI=1S/C31H31FN4O4/c1-35-29(34-30(40-35)22-16-19-6-2-3-7-20(19)17-22)21-10-15-25-26(18-21)33-27(8-4-5-9-28(37)38)36(31(25)39)24-13-11-23(32)12-14-24/h2-3,6-7,10-15,18,22,28-29,37-38H,4-5,8-9,16-17H2,1H3. The van der Waals surface area contributed by atoms with Crippen LogP contribution in [0.5, 0.6) is 0 Å². The zero-order valence-electron chi connectivity index (χ0n) is 22.2. The minimum absolute atomic E-state index is 0.190. The van der Waals surface area contributed by atoms with Crippen LogP contribution in [0.1, 0.15) is 47.9 Å². The molecular formula is C31H31FN4O4. The van der Waals surface area contributed by atoms with Crippen LogP contribution < -0.4 is 5.56 Å². The lowest BCUT2D eigenvalue weighted by Gasteiger charge is -2.18. The number of unbranched alkanes of at least 4 members (excludes halogenated alkanes) is 1. The van der Waals surface area contributed by atoms with Crippen molar-refractivity contribution in [3.63, 3.8) is 0 Å². The number of hydroxylamine groups is 2. The molecule has 0 spiro atoms. The van der Waals surface area contributed by atoms with Gasteiger partial charge in [0.15, 0.2) is 12.5 Å². The van der Waals surface area contributed by atoms with Crippen LogP contribution in [0.3, 0.4) is 0 Å². The van der Waals surface area contributed by atoms with Gasteiger partial charge in [-0.2, -0.15) is 0 Å². The van der Waals surface area contributed by atoms with Crippen molar-refractivity contribution in [1.82, 2.24) is 14.6 Å². The fourth-order valence-electron chi connectivity index (χ4n) is 5.66. The van der Waals surface area contributed by atoms with Crippen molar-refractivity contribution in [3.05, 3.63) is 105 Å². The van der Waals surface area contributed by atoms with Gasteiger partial charge in [0.2, 0.25) is 5.90 Å². The van der Waals surface area contributed by atoms with Crippen molar-refractivity contribution in [3.8, 4) is 5.69 Å². The fourth-order valence-corrected chi connectivity index (χ4v) is 5.66. The summed E-state index contributed by atoms with van der Waals surface area (Å²) in [6.45, 7) is 0. The lowest BCUT2D eigenvalue weighted by molar-refractivity contribution is -0.0621. The Morgan fingerprint density at radius 1 is 1.02 bits per heavy atom. The van der Waals surface area contributed by atoms with Crippen LogP contribution >= 0.6 is 0 Å². The van der Waals surface area contributed by atoms with E-state index in [1.54, 1.807) is 23.3 Å². The topological polar surface area (TPSA) is 100 Å². The Morgan fingerprint density at radius 2 is 1.75 bits per heavy atom. The van der Waals surface area contributed by atoms with E-state index in [2.05, 4.69) is 24.3 Å². The number of aryl methyl sites for hydroxylation is 1. The Bertz CT molecular complexity index is 1610. The highest BCUT2D eigenvalue weighted by molar-refractivity contribution is 5.82. The second kappa shape index (κ2) is 10.9. The number of nitrogens with zero attached hydrogens (tertiary/aromatic N) is 4. The first-order chi connectivity index (χ1) is 19.4. The molecule has 1 aliphatic heterocycles. The molecule has 0 fully saturated rings. The summed E-state index contributed by atoms with van der Waals surface area (Å²) in [6.07, 6.45) is 1.90. The van der Waals surface area contributed by atoms with E-state index in [1.165, 1.54) is 27.8 Å². The van der Waals surface area contributed by atoms with Crippen molar-refractivity contribution < 1.29 is 19.4 Å². The molecule has 0 saturated carbocycles. The molecule has 6 rings (SSSR count). The lowest BCUT2D eigenvalue weighted by atomic mass is 10.1. The normalized spacial score (nSPS) is 17.4. The molecule has 0 radical (unpaired) electrons. The van der Waals surface area contributed by atoms with Crippen molar-refractivity contribution in [1.29, 1.82) is 0 Å². The summed E-state index contributed by atoms with van der Waals surface area (Å²) in [4.78, 5) is 29.6. The third-order valence-corrected chi connectivity index (χ3v) is 7.69. The highest BCUT2D eigenvalue weighted by Gasteiger charge is 2.35. The van der Waals surface area contributed by atoms with Crippen LogP contribution in [0.4, 0.5) is 4.39 Å². The van der Waals surface area contributed by atoms with E-state index in [0.29, 0.717) is 41.7 Å². The number of hydrogen-bond donors (Lipinski definition) is 2. The summed E-state index contributed by atoms with van der Waals surface area (Å²) >= 11 is 0. The van der Waals surface area contributed by atoms with Crippen LogP contribution in [0.25, 0.3) is 16.6 Å². The largest absolute Gasteiger partial charge is 0.388 e. The van der Waals surface area contributed by atoms with Crippen LogP contribution in [0.2, 0.25) is 0 Å². The Labute approximate surface area is 231 Å². The number of benzene rings is 3. The van der Waals surface area contributed by atoms with Crippen LogP contribution in [0, 0.1) is 11.7 Å². The maximum Gasteiger partial charge on any atom is 0.265 e. The zero-order chi connectivity index (χ0) is 27.8. The van der Waals surface area contributed by atoms with E-state index in [9.17, 15) is 19.4 Å². The summed E-state index contributed by atoms with van der Waals surface area (Å²) in [5.41, 5.74) is 4.35. The zero-order valence-corrected chi connectivity index (χ0v) is 22.2. The third-order valence-electron chi connectivity index (χ3n) is 7.69. The maximum atomic E-state index is 13.7. The van der Waals surface area contributed by atoms with Gasteiger partial charge in [-0.15, -0.1) is 5.06 Å². The molecule has 206 valence electrons. The Balaban J connectivity index is 1.33. The van der Waals surface area contributed by atoms with Gasteiger partial charge in [-0.25, -0.2) is 14.4 Å². The summed E-state index contributed by atoms with van der Waals surface area (Å²) in [5.74, 6) is 1.04. The second-order valence-corrected chi connectivity index (χ2v) is 10.5. The Hall–Kier alpha value is -3.92. The first-order valence-corrected chi connectivity index (χ1v) is 13.6. The molecule has 8 nitrogen and oxygen atoms in total. The Kier molecular flexibility index (Phi) is 7.18. The summed E-state index contributed by atoms with van der Waals surface area (Å²) in [6, 6.07) is 19.7. The summed E-state index contributed by atoms with van der Waals surface area (Å²) in [5, 5.41) is 20.6. The monoisotopic (exact) mass is 542 g/mol. The molecule has 1 aromatic heterocycles. The highest BCUT2D eigenvalue weighted by atomic mass is 19.1. The van der Waals surface area contributed by atoms with Crippen molar-refractivity contribution in [2.24, 2.45) is 10.9 Å². The number of halogens is 1. The van der Waals surface area contributed by atoms with Gasteiger partial charge in [-0.3, -0.25) is 9.36 Å². The summed E-state index contributed by atoms with van der Waals surface area (Å²) in [7, 11) is 1.86. The number of rotatable bonds is 8. The average molecular weight is 543 g/mol. The average Bonchev–Trinajstić information content (AvgIpc) is 3.55. The summed E-state index contributed by atoms with van der Waals surface area (Å²) < 4.78 is 15.1. The van der Waals surface area contributed by atoms with E-state index < -0.39 is 12.1 Å². The molecule has 0 saturated heterocycles. The van der Waals surface area contributed by atoms with Gasteiger partial charge >= 0.3 is 0 Å². The van der Waals surface area contributed by atoms with Crippen LogP contribution in [-0.2, 0) is 24.1 Å². The van der Waals surface area contributed by atoms with Gasteiger partial charge < -0.3 is 15.1 Å².